The maximum Gasteiger partial charge on any atom is 0.242 e. The van der Waals surface area contributed by atoms with Crippen LogP contribution in [0.1, 0.15) is 6.92 Å². The zero-order chi connectivity index (χ0) is 14.1. The molecule has 0 saturated carbocycles. The van der Waals surface area contributed by atoms with Crippen LogP contribution in [0.3, 0.4) is 0 Å². The summed E-state index contributed by atoms with van der Waals surface area (Å²) in [5, 5.41) is 19.0. The van der Waals surface area contributed by atoms with Crippen molar-refractivity contribution in [1.82, 2.24) is 14.7 Å². The Morgan fingerprint density at radius 3 is 2.95 bits per heavy atom. The van der Waals surface area contributed by atoms with E-state index in [0.717, 1.165) is 0 Å². The molecule has 2 aromatic heterocycles. The van der Waals surface area contributed by atoms with Crippen LogP contribution in [0.2, 0.25) is 0 Å². The highest BCUT2D eigenvalue weighted by Crippen LogP contribution is 2.20. The summed E-state index contributed by atoms with van der Waals surface area (Å²) in [6, 6.07) is 3.27. The lowest BCUT2D eigenvalue weighted by atomic mass is 10.1. The minimum absolute atomic E-state index is 0.0596. The van der Waals surface area contributed by atoms with Gasteiger partial charge in [0.1, 0.15) is 10.5 Å². The lowest BCUT2D eigenvalue weighted by Gasteiger charge is -2.20. The molecule has 0 amide bonds. The predicted octanol–water partition coefficient (Wildman–Crippen LogP) is -0.415. The molecule has 0 aliphatic heterocycles. The molecule has 4 N–H and O–H groups in total. The Labute approximate surface area is 110 Å². The number of nitrogens with one attached hydrogen (secondary N) is 2. The minimum Gasteiger partial charge on any atom is -0.393 e. The molecule has 2 heterocycles. The van der Waals surface area contributed by atoms with Crippen molar-refractivity contribution in [2.75, 3.05) is 13.2 Å². The first-order chi connectivity index (χ1) is 8.86. The SMILES string of the molecule is CC(O)(CO)CNS(=O)(=O)c1c[nH]c2ncccc12. The van der Waals surface area contributed by atoms with Crippen LogP contribution in [0.15, 0.2) is 29.4 Å². The number of hydrogen-bond donors (Lipinski definition) is 4. The van der Waals surface area contributed by atoms with Gasteiger partial charge < -0.3 is 15.2 Å². The van der Waals surface area contributed by atoms with Gasteiger partial charge in [0.25, 0.3) is 0 Å². The highest BCUT2D eigenvalue weighted by molar-refractivity contribution is 7.89. The van der Waals surface area contributed by atoms with Crippen LogP contribution in [0.4, 0.5) is 0 Å². The molecule has 1 unspecified atom stereocenters. The van der Waals surface area contributed by atoms with Crippen LogP contribution in [0.5, 0.6) is 0 Å². The van der Waals surface area contributed by atoms with E-state index in [1.807, 2.05) is 0 Å². The summed E-state index contributed by atoms with van der Waals surface area (Å²) in [5.41, 5.74) is -1.03. The molecular formula is C11H15N3O4S. The average molecular weight is 285 g/mol. The van der Waals surface area contributed by atoms with Crippen molar-refractivity contribution >= 4 is 21.1 Å². The third kappa shape index (κ3) is 2.92. The second-order valence-corrected chi connectivity index (χ2v) is 6.27. The highest BCUT2D eigenvalue weighted by atomic mass is 32.2. The molecule has 0 fully saturated rings. The van der Waals surface area contributed by atoms with E-state index < -0.39 is 22.2 Å². The largest absolute Gasteiger partial charge is 0.393 e. The number of sulfonamides is 1. The fraction of sp³-hybridized carbons (Fsp3) is 0.364. The van der Waals surface area contributed by atoms with Crippen LogP contribution >= 0.6 is 0 Å². The van der Waals surface area contributed by atoms with E-state index in [-0.39, 0.29) is 11.4 Å². The molecular weight excluding hydrogens is 270 g/mol. The van der Waals surface area contributed by atoms with Gasteiger partial charge in [-0.15, -0.1) is 0 Å². The molecule has 0 bridgehead atoms. The van der Waals surface area contributed by atoms with E-state index in [9.17, 15) is 13.5 Å². The van der Waals surface area contributed by atoms with E-state index in [2.05, 4.69) is 14.7 Å². The van der Waals surface area contributed by atoms with Crippen LogP contribution in [0.25, 0.3) is 11.0 Å². The van der Waals surface area contributed by atoms with Gasteiger partial charge in [0.2, 0.25) is 10.0 Å². The normalized spacial score (nSPS) is 15.5. The number of nitrogens with zero attached hydrogens (tertiary/aromatic N) is 1. The van der Waals surface area contributed by atoms with Crippen LogP contribution in [-0.4, -0.2) is 47.4 Å². The molecule has 1 atom stereocenters. The zero-order valence-corrected chi connectivity index (χ0v) is 11.1. The van der Waals surface area contributed by atoms with Gasteiger partial charge in [0.05, 0.1) is 12.2 Å². The molecule has 19 heavy (non-hydrogen) atoms. The Balaban J connectivity index is 2.30. The summed E-state index contributed by atoms with van der Waals surface area (Å²) in [6.07, 6.45) is 2.90. The van der Waals surface area contributed by atoms with Gasteiger partial charge in [-0.05, 0) is 19.1 Å². The Bertz CT molecular complexity index is 678. The first-order valence-corrected chi connectivity index (χ1v) is 7.09. The molecule has 0 aliphatic rings. The first-order valence-electron chi connectivity index (χ1n) is 5.61. The number of H-pyrrole nitrogens is 1. The van der Waals surface area contributed by atoms with Crippen molar-refractivity contribution in [3.8, 4) is 0 Å². The minimum atomic E-state index is -3.78. The number of hydrogen-bond acceptors (Lipinski definition) is 5. The Hall–Kier alpha value is -1.48. The van der Waals surface area contributed by atoms with Crippen molar-refractivity contribution in [2.45, 2.75) is 17.4 Å². The third-order valence-corrected chi connectivity index (χ3v) is 4.13. The number of aromatic amines is 1. The molecule has 0 aliphatic carbocycles. The van der Waals surface area contributed by atoms with E-state index >= 15 is 0 Å². The van der Waals surface area contributed by atoms with Crippen LogP contribution in [-0.2, 0) is 10.0 Å². The zero-order valence-electron chi connectivity index (χ0n) is 10.3. The van der Waals surface area contributed by atoms with Crippen molar-refractivity contribution in [1.29, 1.82) is 0 Å². The molecule has 2 aromatic rings. The second-order valence-electron chi connectivity index (χ2n) is 4.53. The van der Waals surface area contributed by atoms with Gasteiger partial charge in [-0.2, -0.15) is 0 Å². The third-order valence-electron chi connectivity index (χ3n) is 2.69. The molecule has 104 valence electrons. The second kappa shape index (κ2) is 4.89. The summed E-state index contributed by atoms with van der Waals surface area (Å²) in [4.78, 5) is 6.83. The number of aliphatic hydroxyl groups excluding tert-OH is 1. The van der Waals surface area contributed by atoms with E-state index in [4.69, 9.17) is 5.11 Å². The summed E-state index contributed by atoms with van der Waals surface area (Å²) >= 11 is 0. The highest BCUT2D eigenvalue weighted by Gasteiger charge is 2.25. The fourth-order valence-corrected chi connectivity index (χ4v) is 2.86. The number of aliphatic hydroxyl groups is 2. The van der Waals surface area contributed by atoms with E-state index in [1.165, 1.54) is 13.1 Å². The standard InChI is InChI=1S/C11H15N3O4S/c1-11(16,7-15)6-14-19(17,18)9-5-13-10-8(9)3-2-4-12-10/h2-5,14-16H,6-7H2,1H3,(H,12,13). The molecule has 7 nitrogen and oxygen atoms in total. The Morgan fingerprint density at radius 1 is 1.53 bits per heavy atom. The Morgan fingerprint density at radius 2 is 2.26 bits per heavy atom. The summed E-state index contributed by atoms with van der Waals surface area (Å²) in [6.45, 7) is 0.524. The predicted molar refractivity (Wildman–Crippen MR) is 69.0 cm³/mol. The summed E-state index contributed by atoms with van der Waals surface area (Å²) in [5.74, 6) is 0. The smallest absolute Gasteiger partial charge is 0.242 e. The van der Waals surface area contributed by atoms with Gasteiger partial charge >= 0.3 is 0 Å². The molecule has 0 saturated heterocycles. The maximum atomic E-state index is 12.1. The van der Waals surface area contributed by atoms with E-state index in [0.29, 0.717) is 11.0 Å². The number of aromatic nitrogens is 2. The monoisotopic (exact) mass is 285 g/mol. The number of pyridine rings is 1. The molecule has 0 spiro atoms. The van der Waals surface area contributed by atoms with Crippen molar-refractivity contribution < 1.29 is 18.6 Å². The lowest BCUT2D eigenvalue weighted by Crippen LogP contribution is -2.43. The van der Waals surface area contributed by atoms with Crippen LogP contribution < -0.4 is 4.72 Å². The first kappa shape index (κ1) is 13.9. The molecule has 2 rings (SSSR count). The fourth-order valence-electron chi connectivity index (χ4n) is 1.54. The lowest BCUT2D eigenvalue weighted by molar-refractivity contribution is 0.00681. The molecule has 8 heteroatoms. The van der Waals surface area contributed by atoms with Crippen LogP contribution in [0, 0.1) is 0 Å². The average Bonchev–Trinajstić information content (AvgIpc) is 2.81. The summed E-state index contributed by atoms with van der Waals surface area (Å²) in [7, 11) is -3.78. The van der Waals surface area contributed by atoms with E-state index in [1.54, 1.807) is 18.3 Å². The maximum absolute atomic E-state index is 12.1. The van der Waals surface area contributed by atoms with Gasteiger partial charge in [0.15, 0.2) is 0 Å². The topological polar surface area (TPSA) is 115 Å². The van der Waals surface area contributed by atoms with Crippen molar-refractivity contribution in [3.63, 3.8) is 0 Å². The van der Waals surface area contributed by atoms with Gasteiger partial charge in [-0.1, -0.05) is 0 Å². The quantitative estimate of drug-likeness (QED) is 0.596. The molecule has 0 radical (unpaired) electrons. The van der Waals surface area contributed by atoms with Gasteiger partial charge in [-0.3, -0.25) is 0 Å². The van der Waals surface area contributed by atoms with Gasteiger partial charge in [0, 0.05) is 24.3 Å². The van der Waals surface area contributed by atoms with Crippen molar-refractivity contribution in [2.24, 2.45) is 0 Å². The number of rotatable bonds is 5. The van der Waals surface area contributed by atoms with Crippen molar-refractivity contribution in [3.05, 3.63) is 24.5 Å². The molecule has 0 aromatic carbocycles. The Kier molecular flexibility index (Phi) is 3.59. The summed E-state index contributed by atoms with van der Waals surface area (Å²) < 4.78 is 26.5. The number of fused-ring (bicyclic) bond motifs is 1. The van der Waals surface area contributed by atoms with Gasteiger partial charge in [-0.25, -0.2) is 18.1 Å².